The first kappa shape index (κ1) is 10.5. The molecular weight excluding hydrogens is 212 g/mol. The summed E-state index contributed by atoms with van der Waals surface area (Å²) in [6.07, 6.45) is 5.95. The Morgan fingerprint density at radius 1 is 1.33 bits per heavy atom. The first-order valence-corrected chi connectivity index (χ1v) is 6.06. The maximum Gasteiger partial charge on any atom is 0.349 e. The third-order valence-electron chi connectivity index (χ3n) is 2.93. The van der Waals surface area contributed by atoms with Crippen LogP contribution >= 0.6 is 11.3 Å². The smallest absolute Gasteiger partial charge is 0.349 e. The van der Waals surface area contributed by atoms with Gasteiger partial charge in [0.1, 0.15) is 5.75 Å². The second kappa shape index (κ2) is 4.23. The molecule has 1 heterocycles. The molecule has 0 saturated heterocycles. The van der Waals surface area contributed by atoms with E-state index in [0.29, 0.717) is 5.92 Å². The van der Waals surface area contributed by atoms with Crippen molar-refractivity contribution < 1.29 is 15.0 Å². The average Bonchev–Trinajstić information content (AvgIpc) is 2.62. The van der Waals surface area contributed by atoms with E-state index < -0.39 is 5.97 Å². The Labute approximate surface area is 92.4 Å². The van der Waals surface area contributed by atoms with Crippen LogP contribution in [0.3, 0.4) is 0 Å². The number of aromatic carboxylic acids is 1. The highest BCUT2D eigenvalue weighted by molar-refractivity contribution is 7.14. The molecule has 0 amide bonds. The zero-order valence-electron chi connectivity index (χ0n) is 8.40. The van der Waals surface area contributed by atoms with Gasteiger partial charge in [0.05, 0.1) is 0 Å². The quantitative estimate of drug-likeness (QED) is 0.814. The van der Waals surface area contributed by atoms with Crippen molar-refractivity contribution in [1.82, 2.24) is 0 Å². The van der Waals surface area contributed by atoms with Crippen LogP contribution in [-0.2, 0) is 0 Å². The van der Waals surface area contributed by atoms with Crippen LogP contribution in [-0.4, -0.2) is 16.2 Å². The van der Waals surface area contributed by atoms with Crippen molar-refractivity contribution >= 4 is 17.3 Å². The van der Waals surface area contributed by atoms with Gasteiger partial charge in [0.25, 0.3) is 0 Å². The number of rotatable bonds is 2. The Kier molecular flexibility index (Phi) is 2.95. The van der Waals surface area contributed by atoms with Crippen LogP contribution < -0.4 is 0 Å². The molecule has 82 valence electrons. The summed E-state index contributed by atoms with van der Waals surface area (Å²) in [4.78, 5) is 11.9. The molecule has 4 heteroatoms. The number of carboxylic acids is 1. The summed E-state index contributed by atoms with van der Waals surface area (Å²) in [5.74, 6) is -0.643. The molecule has 2 N–H and O–H groups in total. The molecule has 0 bridgehead atoms. The van der Waals surface area contributed by atoms with Gasteiger partial charge in [0.2, 0.25) is 0 Å². The van der Waals surface area contributed by atoms with Gasteiger partial charge in [-0.1, -0.05) is 19.3 Å². The summed E-state index contributed by atoms with van der Waals surface area (Å²) in [5, 5.41) is 18.3. The van der Waals surface area contributed by atoms with Gasteiger partial charge in [0, 0.05) is 4.88 Å². The Morgan fingerprint density at radius 3 is 2.53 bits per heavy atom. The zero-order chi connectivity index (χ0) is 10.8. The van der Waals surface area contributed by atoms with E-state index in [4.69, 9.17) is 5.11 Å². The number of hydrogen-bond donors (Lipinski definition) is 2. The molecular formula is C11H14O3S. The first-order valence-electron chi connectivity index (χ1n) is 5.24. The maximum absolute atomic E-state index is 10.8. The summed E-state index contributed by atoms with van der Waals surface area (Å²) >= 11 is 1.22. The van der Waals surface area contributed by atoms with Crippen molar-refractivity contribution in [3.8, 4) is 5.75 Å². The minimum absolute atomic E-state index is 0.0759. The second-order valence-corrected chi connectivity index (χ2v) is 5.09. The summed E-state index contributed by atoms with van der Waals surface area (Å²) in [6.45, 7) is 0. The fourth-order valence-corrected chi connectivity index (χ4v) is 3.20. The minimum atomic E-state index is -1.03. The molecule has 15 heavy (non-hydrogen) atoms. The molecule has 0 atom stereocenters. The van der Waals surface area contributed by atoms with Crippen molar-refractivity contribution in [3.63, 3.8) is 0 Å². The fourth-order valence-electron chi connectivity index (χ4n) is 2.14. The molecule has 1 saturated carbocycles. The molecule has 0 aromatic carbocycles. The van der Waals surface area contributed by atoms with E-state index in [0.717, 1.165) is 17.7 Å². The van der Waals surface area contributed by atoms with Crippen LogP contribution in [0.2, 0.25) is 0 Å². The lowest BCUT2D eigenvalue weighted by atomic mass is 9.88. The van der Waals surface area contributed by atoms with Crippen LogP contribution in [0.15, 0.2) is 6.07 Å². The van der Waals surface area contributed by atoms with Crippen molar-refractivity contribution in [2.24, 2.45) is 0 Å². The monoisotopic (exact) mass is 226 g/mol. The van der Waals surface area contributed by atoms with E-state index in [-0.39, 0.29) is 10.6 Å². The minimum Gasteiger partial charge on any atom is -0.506 e. The number of thiophene rings is 1. The lowest BCUT2D eigenvalue weighted by molar-refractivity contribution is 0.0699. The van der Waals surface area contributed by atoms with Crippen LogP contribution in [0.1, 0.15) is 52.6 Å². The summed E-state index contributed by atoms with van der Waals surface area (Å²) in [5.41, 5.74) is 0. The Balaban J connectivity index is 2.21. The molecule has 1 aliphatic rings. The van der Waals surface area contributed by atoms with Crippen LogP contribution in [0.5, 0.6) is 5.75 Å². The molecule has 2 rings (SSSR count). The standard InChI is InChI=1S/C11H14O3S/c12-8-6-9(15-10(8)11(13)14)7-4-2-1-3-5-7/h6-7,12H,1-5H2,(H,13,14). The van der Waals surface area contributed by atoms with Gasteiger partial charge in [0.15, 0.2) is 4.88 Å². The van der Waals surface area contributed by atoms with Crippen molar-refractivity contribution in [3.05, 3.63) is 15.8 Å². The molecule has 0 aliphatic heterocycles. The Bertz CT molecular complexity index is 364. The summed E-state index contributed by atoms with van der Waals surface area (Å²) in [7, 11) is 0. The highest BCUT2D eigenvalue weighted by Crippen LogP contribution is 2.39. The zero-order valence-corrected chi connectivity index (χ0v) is 9.22. The highest BCUT2D eigenvalue weighted by Gasteiger charge is 2.21. The van der Waals surface area contributed by atoms with Gasteiger partial charge < -0.3 is 10.2 Å². The lowest BCUT2D eigenvalue weighted by Crippen LogP contribution is -2.02. The molecule has 0 radical (unpaired) electrons. The van der Waals surface area contributed by atoms with Gasteiger partial charge in [-0.15, -0.1) is 11.3 Å². The van der Waals surface area contributed by atoms with E-state index in [2.05, 4.69) is 0 Å². The van der Waals surface area contributed by atoms with E-state index in [1.165, 1.54) is 30.6 Å². The number of carbonyl (C=O) groups is 1. The molecule has 3 nitrogen and oxygen atoms in total. The predicted molar refractivity (Wildman–Crippen MR) is 58.8 cm³/mol. The lowest BCUT2D eigenvalue weighted by Gasteiger charge is -2.19. The molecule has 1 aromatic heterocycles. The predicted octanol–water partition coefficient (Wildman–Crippen LogP) is 3.20. The van der Waals surface area contributed by atoms with Crippen molar-refractivity contribution in [1.29, 1.82) is 0 Å². The number of hydrogen-bond acceptors (Lipinski definition) is 3. The fraction of sp³-hybridized carbons (Fsp3) is 0.545. The summed E-state index contributed by atoms with van der Waals surface area (Å²) < 4.78 is 0. The number of aromatic hydroxyl groups is 1. The largest absolute Gasteiger partial charge is 0.506 e. The van der Waals surface area contributed by atoms with Gasteiger partial charge in [-0.2, -0.15) is 0 Å². The van der Waals surface area contributed by atoms with Crippen LogP contribution in [0.4, 0.5) is 0 Å². The SMILES string of the molecule is O=C(O)c1sc(C2CCCCC2)cc1O. The topological polar surface area (TPSA) is 57.5 Å². The Morgan fingerprint density at radius 2 is 2.00 bits per heavy atom. The average molecular weight is 226 g/mol. The van der Waals surface area contributed by atoms with Gasteiger partial charge >= 0.3 is 5.97 Å². The van der Waals surface area contributed by atoms with E-state index in [1.807, 2.05) is 0 Å². The second-order valence-electron chi connectivity index (χ2n) is 4.00. The van der Waals surface area contributed by atoms with Crippen LogP contribution in [0.25, 0.3) is 0 Å². The van der Waals surface area contributed by atoms with Crippen molar-refractivity contribution in [2.45, 2.75) is 38.0 Å². The van der Waals surface area contributed by atoms with Gasteiger partial charge in [-0.05, 0) is 24.8 Å². The normalized spacial score (nSPS) is 17.9. The Hall–Kier alpha value is -1.03. The van der Waals surface area contributed by atoms with E-state index >= 15 is 0 Å². The van der Waals surface area contributed by atoms with Gasteiger partial charge in [-0.25, -0.2) is 4.79 Å². The third-order valence-corrected chi connectivity index (χ3v) is 4.21. The van der Waals surface area contributed by atoms with Crippen molar-refractivity contribution in [2.75, 3.05) is 0 Å². The molecule has 0 unspecified atom stereocenters. The molecule has 1 fully saturated rings. The summed E-state index contributed by atoms with van der Waals surface area (Å²) in [6, 6.07) is 1.63. The van der Waals surface area contributed by atoms with E-state index in [1.54, 1.807) is 6.07 Å². The van der Waals surface area contributed by atoms with E-state index in [9.17, 15) is 9.90 Å². The third kappa shape index (κ3) is 2.15. The molecule has 1 aliphatic carbocycles. The highest BCUT2D eigenvalue weighted by atomic mass is 32.1. The van der Waals surface area contributed by atoms with Gasteiger partial charge in [-0.3, -0.25) is 0 Å². The molecule has 1 aromatic rings. The maximum atomic E-state index is 10.8. The van der Waals surface area contributed by atoms with Crippen LogP contribution in [0, 0.1) is 0 Å². The first-order chi connectivity index (χ1) is 7.18. The number of carboxylic acid groups (broad SMARTS) is 1. The molecule has 0 spiro atoms.